The maximum atomic E-state index is 11.7. The van der Waals surface area contributed by atoms with Gasteiger partial charge in [0.1, 0.15) is 0 Å². The fraction of sp³-hybridized carbons (Fsp3) is 0.182. The summed E-state index contributed by atoms with van der Waals surface area (Å²) >= 11 is 5.75. The number of primary sulfonamides is 1. The summed E-state index contributed by atoms with van der Waals surface area (Å²) < 4.78 is 22.4. The average Bonchev–Trinajstić information content (AvgIpc) is 2.23. The lowest BCUT2D eigenvalue weighted by Gasteiger charge is -2.07. The Labute approximate surface area is 111 Å². The van der Waals surface area contributed by atoms with Crippen LogP contribution in [0.3, 0.4) is 0 Å². The third kappa shape index (κ3) is 4.14. The SMILES string of the molecule is C=C(C)CNC(=O)c1cc(Cl)cc(S(N)(=O)=O)c1. The van der Waals surface area contributed by atoms with Gasteiger partial charge in [0, 0.05) is 17.1 Å². The Hall–Kier alpha value is -1.37. The van der Waals surface area contributed by atoms with Gasteiger partial charge >= 0.3 is 0 Å². The lowest BCUT2D eigenvalue weighted by Crippen LogP contribution is -2.25. The predicted molar refractivity (Wildman–Crippen MR) is 70.0 cm³/mol. The number of carbonyl (C=O) groups is 1. The Balaban J connectivity index is 3.07. The molecule has 0 spiro atoms. The van der Waals surface area contributed by atoms with Gasteiger partial charge in [-0.15, -0.1) is 0 Å². The number of hydrogen-bond acceptors (Lipinski definition) is 3. The fourth-order valence-corrected chi connectivity index (χ4v) is 2.07. The second kappa shape index (κ2) is 5.51. The molecule has 0 saturated heterocycles. The van der Waals surface area contributed by atoms with Crippen molar-refractivity contribution < 1.29 is 13.2 Å². The molecule has 18 heavy (non-hydrogen) atoms. The Morgan fingerprint density at radius 2 is 2.06 bits per heavy atom. The summed E-state index contributed by atoms with van der Waals surface area (Å²) in [6.45, 7) is 5.70. The fourth-order valence-electron chi connectivity index (χ4n) is 1.19. The van der Waals surface area contributed by atoms with Gasteiger partial charge in [0.2, 0.25) is 10.0 Å². The van der Waals surface area contributed by atoms with E-state index in [1.165, 1.54) is 18.2 Å². The van der Waals surface area contributed by atoms with Crippen molar-refractivity contribution in [1.82, 2.24) is 5.32 Å². The van der Waals surface area contributed by atoms with Gasteiger partial charge in [-0.1, -0.05) is 23.8 Å². The summed E-state index contributed by atoms with van der Waals surface area (Å²) in [5.74, 6) is -0.439. The minimum Gasteiger partial charge on any atom is -0.348 e. The molecule has 0 atom stereocenters. The molecule has 0 fully saturated rings. The lowest BCUT2D eigenvalue weighted by atomic mass is 10.2. The van der Waals surface area contributed by atoms with Crippen molar-refractivity contribution in [2.75, 3.05) is 6.54 Å². The molecular formula is C11H13ClN2O3S. The highest BCUT2D eigenvalue weighted by Crippen LogP contribution is 2.18. The molecule has 98 valence electrons. The van der Waals surface area contributed by atoms with Gasteiger partial charge in [0.05, 0.1) is 4.90 Å². The Morgan fingerprint density at radius 3 is 2.56 bits per heavy atom. The van der Waals surface area contributed by atoms with Crippen LogP contribution in [0.1, 0.15) is 17.3 Å². The molecule has 1 amide bonds. The average molecular weight is 289 g/mol. The number of halogens is 1. The number of nitrogens with two attached hydrogens (primary N) is 1. The molecule has 0 aliphatic carbocycles. The van der Waals surface area contributed by atoms with E-state index in [1.54, 1.807) is 6.92 Å². The monoisotopic (exact) mass is 288 g/mol. The minimum atomic E-state index is -3.89. The van der Waals surface area contributed by atoms with E-state index in [9.17, 15) is 13.2 Å². The van der Waals surface area contributed by atoms with E-state index in [1.807, 2.05) is 0 Å². The molecular weight excluding hydrogens is 276 g/mol. The van der Waals surface area contributed by atoms with E-state index in [4.69, 9.17) is 16.7 Å². The number of rotatable bonds is 4. The molecule has 1 aromatic carbocycles. The molecule has 5 nitrogen and oxygen atoms in total. The molecule has 0 aromatic heterocycles. The van der Waals surface area contributed by atoms with Gasteiger partial charge in [0.25, 0.3) is 5.91 Å². The van der Waals surface area contributed by atoms with E-state index in [-0.39, 0.29) is 15.5 Å². The summed E-state index contributed by atoms with van der Waals surface area (Å²) in [7, 11) is -3.89. The highest BCUT2D eigenvalue weighted by atomic mass is 35.5. The smallest absolute Gasteiger partial charge is 0.251 e. The van der Waals surface area contributed by atoms with Crippen LogP contribution in [-0.4, -0.2) is 20.9 Å². The Kier molecular flexibility index (Phi) is 4.50. The van der Waals surface area contributed by atoms with E-state index in [2.05, 4.69) is 11.9 Å². The largest absolute Gasteiger partial charge is 0.348 e. The van der Waals surface area contributed by atoms with Gasteiger partial charge < -0.3 is 5.32 Å². The number of sulfonamides is 1. The van der Waals surface area contributed by atoms with E-state index in [0.29, 0.717) is 6.54 Å². The minimum absolute atomic E-state index is 0.127. The standard InChI is InChI=1S/C11H13ClN2O3S/c1-7(2)6-14-11(15)8-3-9(12)5-10(4-8)18(13,16)17/h3-5H,1,6H2,2H3,(H,14,15)(H2,13,16,17). The number of nitrogens with one attached hydrogen (secondary N) is 1. The van der Waals surface area contributed by atoms with Crippen LogP contribution < -0.4 is 10.5 Å². The lowest BCUT2D eigenvalue weighted by molar-refractivity contribution is 0.0957. The summed E-state index contributed by atoms with van der Waals surface area (Å²) in [5, 5.41) is 7.68. The summed E-state index contributed by atoms with van der Waals surface area (Å²) in [6, 6.07) is 3.73. The normalized spacial score (nSPS) is 11.1. The molecule has 3 N–H and O–H groups in total. The molecule has 1 rings (SSSR count). The van der Waals surface area contributed by atoms with Gasteiger partial charge in [-0.2, -0.15) is 0 Å². The zero-order valence-electron chi connectivity index (χ0n) is 9.73. The molecule has 0 saturated carbocycles. The molecule has 0 aliphatic rings. The van der Waals surface area contributed by atoms with Crippen LogP contribution in [0.15, 0.2) is 35.2 Å². The van der Waals surface area contributed by atoms with E-state index < -0.39 is 15.9 Å². The number of amides is 1. The van der Waals surface area contributed by atoms with Crippen LogP contribution in [0.5, 0.6) is 0 Å². The van der Waals surface area contributed by atoms with Crippen LogP contribution in [-0.2, 0) is 10.0 Å². The molecule has 0 unspecified atom stereocenters. The number of benzene rings is 1. The van der Waals surface area contributed by atoms with Crippen molar-refractivity contribution in [3.8, 4) is 0 Å². The molecule has 0 heterocycles. The first kappa shape index (κ1) is 14.7. The molecule has 0 radical (unpaired) electrons. The first-order valence-corrected chi connectivity index (χ1v) is 6.88. The van der Waals surface area contributed by atoms with Crippen molar-refractivity contribution in [3.63, 3.8) is 0 Å². The molecule has 1 aromatic rings. The van der Waals surface area contributed by atoms with Crippen molar-refractivity contribution in [2.24, 2.45) is 5.14 Å². The summed E-state index contributed by atoms with van der Waals surface area (Å²) in [4.78, 5) is 11.5. The van der Waals surface area contributed by atoms with Crippen LogP contribution in [0.4, 0.5) is 0 Å². The van der Waals surface area contributed by atoms with Gasteiger partial charge in [-0.25, -0.2) is 13.6 Å². The quantitative estimate of drug-likeness (QED) is 0.818. The number of carbonyl (C=O) groups excluding carboxylic acids is 1. The van der Waals surface area contributed by atoms with Crippen molar-refractivity contribution in [1.29, 1.82) is 0 Å². The van der Waals surface area contributed by atoms with Crippen molar-refractivity contribution >= 4 is 27.5 Å². The predicted octanol–water partition coefficient (Wildman–Crippen LogP) is 1.29. The van der Waals surface area contributed by atoms with E-state index in [0.717, 1.165) is 5.57 Å². The molecule has 0 aliphatic heterocycles. The summed E-state index contributed by atoms with van der Waals surface area (Å²) in [6.07, 6.45) is 0. The highest BCUT2D eigenvalue weighted by molar-refractivity contribution is 7.89. The second-order valence-corrected chi connectivity index (χ2v) is 5.86. The van der Waals surface area contributed by atoms with Crippen LogP contribution in [0.2, 0.25) is 5.02 Å². The zero-order valence-corrected chi connectivity index (χ0v) is 11.3. The number of hydrogen-bond donors (Lipinski definition) is 2. The first-order chi connectivity index (χ1) is 8.20. The zero-order chi connectivity index (χ0) is 13.9. The Bertz CT molecular complexity index is 596. The maximum Gasteiger partial charge on any atom is 0.251 e. The third-order valence-corrected chi connectivity index (χ3v) is 3.12. The van der Waals surface area contributed by atoms with Crippen molar-refractivity contribution in [3.05, 3.63) is 40.9 Å². The van der Waals surface area contributed by atoms with Gasteiger partial charge in [0.15, 0.2) is 0 Å². The van der Waals surface area contributed by atoms with Crippen LogP contribution in [0, 0.1) is 0 Å². The highest BCUT2D eigenvalue weighted by Gasteiger charge is 2.13. The van der Waals surface area contributed by atoms with Crippen LogP contribution >= 0.6 is 11.6 Å². The first-order valence-electron chi connectivity index (χ1n) is 4.96. The second-order valence-electron chi connectivity index (χ2n) is 3.86. The Morgan fingerprint density at radius 1 is 1.44 bits per heavy atom. The molecule has 7 heteroatoms. The van der Waals surface area contributed by atoms with Gasteiger partial charge in [-0.3, -0.25) is 4.79 Å². The maximum absolute atomic E-state index is 11.7. The van der Waals surface area contributed by atoms with E-state index >= 15 is 0 Å². The molecule has 0 bridgehead atoms. The van der Waals surface area contributed by atoms with Crippen molar-refractivity contribution in [2.45, 2.75) is 11.8 Å². The summed E-state index contributed by atoms with van der Waals surface area (Å²) in [5.41, 5.74) is 0.907. The van der Waals surface area contributed by atoms with Gasteiger partial charge in [-0.05, 0) is 25.1 Å². The third-order valence-electron chi connectivity index (χ3n) is 2.01. The topological polar surface area (TPSA) is 89.3 Å². The van der Waals surface area contributed by atoms with Crippen LogP contribution in [0.25, 0.3) is 0 Å².